The van der Waals surface area contributed by atoms with Crippen molar-refractivity contribution in [1.29, 1.82) is 0 Å². The zero-order chi connectivity index (χ0) is 11.3. The molecule has 0 bridgehead atoms. The third-order valence-corrected chi connectivity index (χ3v) is 2.83. The van der Waals surface area contributed by atoms with Crippen LogP contribution in [0.4, 0.5) is 0 Å². The second-order valence-electron chi connectivity index (χ2n) is 4.58. The highest BCUT2D eigenvalue weighted by Gasteiger charge is 2.14. The Morgan fingerprint density at radius 3 is 2.53 bits per heavy atom. The van der Waals surface area contributed by atoms with Gasteiger partial charge in [0, 0.05) is 26.7 Å². The van der Waals surface area contributed by atoms with Gasteiger partial charge in [0.1, 0.15) is 0 Å². The minimum absolute atomic E-state index is 0.142. The highest BCUT2D eigenvalue weighted by Crippen LogP contribution is 2.07. The van der Waals surface area contributed by atoms with E-state index in [2.05, 4.69) is 17.1 Å². The first-order chi connectivity index (χ1) is 7.09. The maximum atomic E-state index is 11.3. The van der Waals surface area contributed by atoms with Crippen molar-refractivity contribution in [3.05, 3.63) is 0 Å². The maximum Gasteiger partial charge on any atom is 0.236 e. The Bertz CT molecular complexity index is 200. The summed E-state index contributed by atoms with van der Waals surface area (Å²) in [6.07, 6.45) is 2.65. The van der Waals surface area contributed by atoms with Crippen LogP contribution in [0.5, 0.6) is 0 Å². The fraction of sp³-hybridized carbons (Fsp3) is 0.909. The minimum atomic E-state index is 0.142. The van der Waals surface area contributed by atoms with Crippen molar-refractivity contribution in [2.75, 3.05) is 40.3 Å². The molecule has 1 heterocycles. The molecular weight excluding hydrogens is 190 g/mol. The summed E-state index contributed by atoms with van der Waals surface area (Å²) < 4.78 is 0. The molecule has 1 unspecified atom stereocenters. The Morgan fingerprint density at radius 2 is 2.00 bits per heavy atom. The topological polar surface area (TPSA) is 35.6 Å². The van der Waals surface area contributed by atoms with Gasteiger partial charge in [-0.1, -0.05) is 0 Å². The number of carbonyl (C=O) groups is 1. The minimum Gasteiger partial charge on any atom is -0.348 e. The van der Waals surface area contributed by atoms with Gasteiger partial charge in [0.2, 0.25) is 5.91 Å². The molecule has 1 saturated heterocycles. The molecule has 0 aromatic rings. The number of nitrogens with zero attached hydrogens (tertiary/aromatic N) is 2. The smallest absolute Gasteiger partial charge is 0.236 e. The van der Waals surface area contributed by atoms with E-state index in [0.29, 0.717) is 12.6 Å². The molecule has 4 heteroatoms. The van der Waals surface area contributed by atoms with Crippen LogP contribution in [-0.4, -0.2) is 62.0 Å². The Labute approximate surface area is 92.6 Å². The number of hydrogen-bond acceptors (Lipinski definition) is 3. The lowest BCUT2D eigenvalue weighted by atomic mass is 10.3. The summed E-state index contributed by atoms with van der Waals surface area (Å²) in [5.74, 6) is 0.142. The molecule has 0 spiro atoms. The van der Waals surface area contributed by atoms with Crippen LogP contribution in [-0.2, 0) is 4.79 Å². The van der Waals surface area contributed by atoms with E-state index in [1.807, 2.05) is 0 Å². The SMILES string of the molecule is CC(CN1CCCC1)NCC(=O)N(C)C. The van der Waals surface area contributed by atoms with Crippen molar-refractivity contribution < 1.29 is 4.79 Å². The number of amides is 1. The van der Waals surface area contributed by atoms with Gasteiger partial charge < -0.3 is 15.1 Å². The lowest BCUT2D eigenvalue weighted by Gasteiger charge is -2.21. The maximum absolute atomic E-state index is 11.3. The van der Waals surface area contributed by atoms with Crippen molar-refractivity contribution in [3.63, 3.8) is 0 Å². The van der Waals surface area contributed by atoms with Crippen molar-refractivity contribution in [2.45, 2.75) is 25.8 Å². The van der Waals surface area contributed by atoms with E-state index in [4.69, 9.17) is 0 Å². The van der Waals surface area contributed by atoms with Crippen LogP contribution in [0.15, 0.2) is 0 Å². The molecule has 0 radical (unpaired) electrons. The van der Waals surface area contributed by atoms with E-state index in [9.17, 15) is 4.79 Å². The van der Waals surface area contributed by atoms with Crippen LogP contribution in [0.1, 0.15) is 19.8 Å². The second-order valence-corrected chi connectivity index (χ2v) is 4.58. The number of likely N-dealkylation sites (N-methyl/N-ethyl adjacent to an activating group) is 1. The molecule has 0 aliphatic carbocycles. The average molecular weight is 213 g/mol. The largest absolute Gasteiger partial charge is 0.348 e. The van der Waals surface area contributed by atoms with E-state index in [1.54, 1.807) is 19.0 Å². The molecule has 1 aliphatic rings. The Hall–Kier alpha value is -0.610. The molecule has 1 atom stereocenters. The third-order valence-electron chi connectivity index (χ3n) is 2.83. The normalized spacial score (nSPS) is 19.1. The summed E-state index contributed by atoms with van der Waals surface area (Å²) in [5, 5.41) is 3.26. The number of hydrogen-bond donors (Lipinski definition) is 1. The number of likely N-dealkylation sites (tertiary alicyclic amines) is 1. The van der Waals surface area contributed by atoms with Crippen molar-refractivity contribution in [1.82, 2.24) is 15.1 Å². The van der Waals surface area contributed by atoms with Gasteiger partial charge in [-0.25, -0.2) is 0 Å². The fourth-order valence-corrected chi connectivity index (χ4v) is 1.84. The van der Waals surface area contributed by atoms with Crippen LogP contribution in [0.2, 0.25) is 0 Å². The summed E-state index contributed by atoms with van der Waals surface area (Å²) >= 11 is 0. The van der Waals surface area contributed by atoms with Crippen LogP contribution in [0.25, 0.3) is 0 Å². The number of carbonyl (C=O) groups excluding carboxylic acids is 1. The first-order valence-electron chi connectivity index (χ1n) is 5.75. The zero-order valence-corrected chi connectivity index (χ0v) is 10.1. The first-order valence-corrected chi connectivity index (χ1v) is 5.75. The molecule has 4 nitrogen and oxygen atoms in total. The lowest BCUT2D eigenvalue weighted by Crippen LogP contribution is -2.42. The molecular formula is C11H23N3O. The summed E-state index contributed by atoms with van der Waals surface area (Å²) in [7, 11) is 3.57. The van der Waals surface area contributed by atoms with Crippen molar-refractivity contribution in [3.8, 4) is 0 Å². The highest BCUT2D eigenvalue weighted by atomic mass is 16.2. The lowest BCUT2D eigenvalue weighted by molar-refractivity contribution is -0.127. The molecule has 0 aromatic carbocycles. The van der Waals surface area contributed by atoms with Crippen molar-refractivity contribution >= 4 is 5.91 Å². The summed E-state index contributed by atoms with van der Waals surface area (Å²) in [6.45, 7) is 6.07. The molecule has 1 fully saturated rings. The summed E-state index contributed by atoms with van der Waals surface area (Å²) in [4.78, 5) is 15.4. The summed E-state index contributed by atoms with van der Waals surface area (Å²) in [6, 6.07) is 0.395. The molecule has 0 aromatic heterocycles. The monoisotopic (exact) mass is 213 g/mol. The Kier molecular flexibility index (Phi) is 5.05. The highest BCUT2D eigenvalue weighted by molar-refractivity contribution is 5.77. The molecule has 15 heavy (non-hydrogen) atoms. The van der Waals surface area contributed by atoms with Gasteiger partial charge in [0.15, 0.2) is 0 Å². The van der Waals surface area contributed by atoms with Gasteiger partial charge in [-0.2, -0.15) is 0 Å². The van der Waals surface area contributed by atoms with Gasteiger partial charge in [-0.3, -0.25) is 4.79 Å². The van der Waals surface area contributed by atoms with Crippen LogP contribution in [0, 0.1) is 0 Å². The molecule has 88 valence electrons. The standard InChI is InChI=1S/C11H23N3O/c1-10(9-14-6-4-5-7-14)12-8-11(15)13(2)3/h10,12H,4-9H2,1-3H3. The second kappa shape index (κ2) is 6.08. The van der Waals surface area contributed by atoms with E-state index in [0.717, 1.165) is 6.54 Å². The quantitative estimate of drug-likeness (QED) is 0.706. The van der Waals surface area contributed by atoms with E-state index in [-0.39, 0.29) is 5.91 Å². The first kappa shape index (κ1) is 12.5. The number of rotatable bonds is 5. The van der Waals surface area contributed by atoms with E-state index in [1.165, 1.54) is 25.9 Å². The van der Waals surface area contributed by atoms with Crippen LogP contribution < -0.4 is 5.32 Å². The van der Waals surface area contributed by atoms with Gasteiger partial charge >= 0.3 is 0 Å². The molecule has 1 aliphatic heterocycles. The van der Waals surface area contributed by atoms with Crippen LogP contribution >= 0.6 is 0 Å². The predicted octanol–water partition coefficient (Wildman–Crippen LogP) is 0.149. The molecule has 1 rings (SSSR count). The zero-order valence-electron chi connectivity index (χ0n) is 10.1. The molecule has 1 amide bonds. The molecule has 1 N–H and O–H groups in total. The van der Waals surface area contributed by atoms with E-state index < -0.39 is 0 Å². The predicted molar refractivity (Wildman–Crippen MR) is 61.8 cm³/mol. The Balaban J connectivity index is 2.12. The van der Waals surface area contributed by atoms with Crippen LogP contribution in [0.3, 0.4) is 0 Å². The third kappa shape index (κ3) is 4.62. The van der Waals surface area contributed by atoms with Gasteiger partial charge in [0.05, 0.1) is 6.54 Å². The van der Waals surface area contributed by atoms with Gasteiger partial charge in [-0.15, -0.1) is 0 Å². The summed E-state index contributed by atoms with van der Waals surface area (Å²) in [5.41, 5.74) is 0. The number of nitrogens with one attached hydrogen (secondary N) is 1. The fourth-order valence-electron chi connectivity index (χ4n) is 1.84. The Morgan fingerprint density at radius 1 is 1.40 bits per heavy atom. The molecule has 0 saturated carbocycles. The average Bonchev–Trinajstić information content (AvgIpc) is 2.66. The van der Waals surface area contributed by atoms with Gasteiger partial charge in [-0.05, 0) is 32.9 Å². The van der Waals surface area contributed by atoms with Crippen molar-refractivity contribution in [2.24, 2.45) is 0 Å². The van der Waals surface area contributed by atoms with Gasteiger partial charge in [0.25, 0.3) is 0 Å². The van der Waals surface area contributed by atoms with E-state index >= 15 is 0 Å².